The zero-order valence-corrected chi connectivity index (χ0v) is 15.5. The smallest absolute Gasteiger partial charge is 0.347 e. The maximum Gasteiger partial charge on any atom is 0.347 e. The van der Waals surface area contributed by atoms with Gasteiger partial charge in [0.15, 0.2) is 0 Å². The van der Waals surface area contributed by atoms with E-state index in [1.165, 1.54) is 18.3 Å². The number of rotatable bonds is 3. The van der Waals surface area contributed by atoms with Crippen molar-refractivity contribution in [3.05, 3.63) is 40.5 Å². The summed E-state index contributed by atoms with van der Waals surface area (Å²) in [5, 5.41) is 20.6. The maximum absolute atomic E-state index is 11.1. The van der Waals surface area contributed by atoms with Crippen LogP contribution in [0.5, 0.6) is 0 Å². The molecule has 0 amide bonds. The second-order valence-electron chi connectivity index (χ2n) is 7.12. The van der Waals surface area contributed by atoms with Gasteiger partial charge in [0.25, 0.3) is 0 Å². The number of aromatic carboxylic acids is 1. The number of fused-ring (bicyclic) bond motifs is 3. The standard InChI is InChI=1S/C20H19N3O2S/c1-11(2)16-5-3-4-15-8-12-6-13(7-14(9-21)18(12)23(15)16)19-22-10-17(26-19)20(24)25/h6-8,10-11,16H,3-5H2,1-2H3,(H,24,25). The van der Waals surface area contributed by atoms with Crippen LogP contribution in [0, 0.1) is 17.2 Å². The van der Waals surface area contributed by atoms with Crippen LogP contribution in [-0.2, 0) is 6.42 Å². The molecule has 3 heterocycles. The van der Waals surface area contributed by atoms with Gasteiger partial charge in [0.2, 0.25) is 0 Å². The topological polar surface area (TPSA) is 78.9 Å². The van der Waals surface area contributed by atoms with Crippen molar-refractivity contribution in [1.82, 2.24) is 9.55 Å². The van der Waals surface area contributed by atoms with Gasteiger partial charge in [-0.25, -0.2) is 9.78 Å². The molecule has 0 bridgehead atoms. The summed E-state index contributed by atoms with van der Waals surface area (Å²) in [7, 11) is 0. The lowest BCUT2D eigenvalue weighted by Gasteiger charge is -2.30. The molecule has 1 aliphatic heterocycles. The Bertz CT molecular complexity index is 1060. The number of hydrogen-bond acceptors (Lipinski definition) is 4. The lowest BCUT2D eigenvalue weighted by molar-refractivity contribution is 0.0702. The summed E-state index contributed by atoms with van der Waals surface area (Å²) in [6, 6.07) is 8.81. The van der Waals surface area contributed by atoms with Gasteiger partial charge in [-0.05, 0) is 43.4 Å². The predicted octanol–water partition coefficient (Wildman–Crippen LogP) is 4.87. The van der Waals surface area contributed by atoms with Gasteiger partial charge in [0.05, 0.1) is 17.3 Å². The largest absolute Gasteiger partial charge is 0.477 e. The first-order valence-electron chi connectivity index (χ1n) is 8.77. The maximum atomic E-state index is 11.1. The van der Waals surface area contributed by atoms with Gasteiger partial charge in [-0.2, -0.15) is 5.26 Å². The van der Waals surface area contributed by atoms with E-state index in [1.54, 1.807) is 0 Å². The van der Waals surface area contributed by atoms with E-state index >= 15 is 0 Å². The van der Waals surface area contributed by atoms with E-state index in [9.17, 15) is 10.1 Å². The third kappa shape index (κ3) is 2.60. The molecule has 1 aromatic carbocycles. The van der Waals surface area contributed by atoms with Gasteiger partial charge in [-0.1, -0.05) is 13.8 Å². The SMILES string of the molecule is CC(C)C1CCCc2cc3cc(-c4ncc(C(=O)O)s4)cc(C#N)c3n21. The van der Waals surface area contributed by atoms with Crippen LogP contribution in [0.2, 0.25) is 0 Å². The summed E-state index contributed by atoms with van der Waals surface area (Å²) in [4.78, 5) is 15.6. The normalized spacial score (nSPS) is 16.6. The quantitative estimate of drug-likeness (QED) is 0.718. The average molecular weight is 365 g/mol. The number of carboxylic acids is 1. The fourth-order valence-electron chi connectivity index (χ4n) is 3.97. The molecule has 1 atom stereocenters. The Kier molecular flexibility index (Phi) is 4.04. The Morgan fingerprint density at radius 2 is 2.23 bits per heavy atom. The molecule has 1 aliphatic rings. The summed E-state index contributed by atoms with van der Waals surface area (Å²) < 4.78 is 2.36. The molecule has 4 rings (SSSR count). The van der Waals surface area contributed by atoms with E-state index in [4.69, 9.17) is 5.11 Å². The van der Waals surface area contributed by atoms with Crippen molar-refractivity contribution >= 4 is 28.2 Å². The second-order valence-corrected chi connectivity index (χ2v) is 8.15. The summed E-state index contributed by atoms with van der Waals surface area (Å²) in [5.74, 6) is -0.470. The number of benzene rings is 1. The highest BCUT2D eigenvalue weighted by molar-refractivity contribution is 7.16. The van der Waals surface area contributed by atoms with E-state index in [2.05, 4.69) is 35.5 Å². The van der Waals surface area contributed by atoms with E-state index in [-0.39, 0.29) is 4.88 Å². The van der Waals surface area contributed by atoms with Crippen LogP contribution in [0.4, 0.5) is 0 Å². The van der Waals surface area contributed by atoms with Gasteiger partial charge in [0, 0.05) is 22.7 Å². The van der Waals surface area contributed by atoms with E-state index in [0.717, 1.165) is 40.6 Å². The summed E-state index contributed by atoms with van der Waals surface area (Å²) >= 11 is 1.14. The molecule has 0 spiro atoms. The minimum atomic E-state index is -0.977. The van der Waals surface area contributed by atoms with Gasteiger partial charge >= 0.3 is 5.97 Å². The fraction of sp³-hybridized carbons (Fsp3) is 0.350. The van der Waals surface area contributed by atoms with Crippen molar-refractivity contribution in [2.45, 2.75) is 39.2 Å². The molecule has 1 N–H and O–H groups in total. The third-order valence-electron chi connectivity index (χ3n) is 5.13. The molecule has 1 unspecified atom stereocenters. The number of thiazole rings is 1. The van der Waals surface area contributed by atoms with Crippen molar-refractivity contribution in [1.29, 1.82) is 5.26 Å². The van der Waals surface area contributed by atoms with Crippen molar-refractivity contribution in [3.63, 3.8) is 0 Å². The van der Waals surface area contributed by atoms with Crippen LogP contribution in [0.1, 0.15) is 53.7 Å². The molecular formula is C20H19N3O2S. The number of hydrogen-bond donors (Lipinski definition) is 1. The van der Waals surface area contributed by atoms with Crippen LogP contribution in [-0.4, -0.2) is 20.6 Å². The number of aromatic nitrogens is 2. The van der Waals surface area contributed by atoms with Crippen molar-refractivity contribution < 1.29 is 9.90 Å². The third-order valence-corrected chi connectivity index (χ3v) is 6.16. The number of carboxylic acid groups (broad SMARTS) is 1. The first-order chi connectivity index (χ1) is 12.5. The molecule has 3 aromatic rings. The molecule has 2 aromatic heterocycles. The summed E-state index contributed by atoms with van der Waals surface area (Å²) in [6.45, 7) is 4.46. The molecule has 0 aliphatic carbocycles. The Morgan fingerprint density at radius 3 is 2.88 bits per heavy atom. The minimum absolute atomic E-state index is 0.203. The molecule has 26 heavy (non-hydrogen) atoms. The van der Waals surface area contributed by atoms with Crippen LogP contribution in [0.25, 0.3) is 21.5 Å². The molecule has 5 nitrogen and oxygen atoms in total. The van der Waals surface area contributed by atoms with E-state index in [0.29, 0.717) is 22.5 Å². The molecule has 0 fully saturated rings. The van der Waals surface area contributed by atoms with E-state index < -0.39 is 5.97 Å². The highest BCUT2D eigenvalue weighted by atomic mass is 32.1. The zero-order valence-electron chi connectivity index (χ0n) is 14.7. The lowest BCUT2D eigenvalue weighted by atomic mass is 9.94. The monoisotopic (exact) mass is 365 g/mol. The molecular weight excluding hydrogens is 346 g/mol. The highest BCUT2D eigenvalue weighted by Gasteiger charge is 2.26. The van der Waals surface area contributed by atoms with Crippen molar-refractivity contribution in [2.24, 2.45) is 5.92 Å². The molecule has 6 heteroatoms. The molecule has 132 valence electrons. The summed E-state index contributed by atoms with van der Waals surface area (Å²) in [6.07, 6.45) is 4.70. The van der Waals surface area contributed by atoms with Gasteiger partial charge in [0.1, 0.15) is 16.0 Å². The zero-order chi connectivity index (χ0) is 18.4. The van der Waals surface area contributed by atoms with Crippen LogP contribution >= 0.6 is 11.3 Å². The Balaban J connectivity index is 1.92. The van der Waals surface area contributed by atoms with Gasteiger partial charge in [-0.3, -0.25) is 0 Å². The lowest BCUT2D eigenvalue weighted by Crippen LogP contribution is -2.21. The van der Waals surface area contributed by atoms with Crippen molar-refractivity contribution in [2.75, 3.05) is 0 Å². The Morgan fingerprint density at radius 1 is 1.42 bits per heavy atom. The van der Waals surface area contributed by atoms with Crippen LogP contribution in [0.3, 0.4) is 0 Å². The van der Waals surface area contributed by atoms with Crippen LogP contribution in [0.15, 0.2) is 24.4 Å². The predicted molar refractivity (Wildman–Crippen MR) is 102 cm³/mol. The molecule has 0 saturated heterocycles. The number of nitrogens with zero attached hydrogens (tertiary/aromatic N) is 3. The van der Waals surface area contributed by atoms with E-state index in [1.807, 2.05) is 12.1 Å². The highest BCUT2D eigenvalue weighted by Crippen LogP contribution is 2.39. The Labute approximate surface area is 155 Å². The average Bonchev–Trinajstić information content (AvgIpc) is 3.25. The minimum Gasteiger partial charge on any atom is -0.477 e. The second kappa shape index (κ2) is 6.26. The molecule has 0 saturated carbocycles. The number of aryl methyl sites for hydroxylation is 1. The first-order valence-corrected chi connectivity index (χ1v) is 9.58. The number of nitriles is 1. The van der Waals surface area contributed by atoms with Gasteiger partial charge in [-0.15, -0.1) is 11.3 Å². The Hall–Kier alpha value is -2.65. The molecule has 0 radical (unpaired) electrons. The summed E-state index contributed by atoms with van der Waals surface area (Å²) in [5.41, 5.74) is 3.71. The van der Waals surface area contributed by atoms with Crippen molar-refractivity contribution in [3.8, 4) is 16.6 Å². The van der Waals surface area contributed by atoms with Crippen LogP contribution < -0.4 is 0 Å². The fourth-order valence-corrected chi connectivity index (χ4v) is 4.71. The number of carbonyl (C=O) groups is 1. The van der Waals surface area contributed by atoms with Gasteiger partial charge < -0.3 is 9.67 Å². The first kappa shape index (κ1) is 16.8.